The zero-order chi connectivity index (χ0) is 19.2. The fourth-order valence-electron chi connectivity index (χ4n) is 2.78. The number of hydrogen-bond donors (Lipinski definition) is 1. The minimum Gasteiger partial charge on any atom is -0.349 e. The van der Waals surface area contributed by atoms with Gasteiger partial charge < -0.3 is 5.32 Å². The molecule has 1 aliphatic heterocycles. The Bertz CT molecular complexity index is 1050. The van der Waals surface area contributed by atoms with Gasteiger partial charge in [-0.2, -0.15) is 18.3 Å². The van der Waals surface area contributed by atoms with Gasteiger partial charge in [-0.25, -0.2) is 9.97 Å². The molecule has 0 radical (unpaired) electrons. The minimum absolute atomic E-state index is 0.102. The molecule has 1 aliphatic rings. The number of hydrogen-bond acceptors (Lipinski definition) is 4. The molecule has 3 aromatic rings. The molecule has 0 atom stereocenters. The maximum atomic E-state index is 13.1. The van der Waals surface area contributed by atoms with Gasteiger partial charge in [0, 0.05) is 18.3 Å². The Morgan fingerprint density at radius 3 is 2.70 bits per heavy atom. The van der Waals surface area contributed by atoms with E-state index in [0.717, 1.165) is 12.1 Å². The van der Waals surface area contributed by atoms with Crippen molar-refractivity contribution in [3.8, 4) is 22.8 Å². The number of amides is 1. The zero-order valence-electron chi connectivity index (χ0n) is 13.6. The maximum absolute atomic E-state index is 13.1. The van der Waals surface area contributed by atoms with E-state index in [0.29, 0.717) is 30.2 Å². The lowest BCUT2D eigenvalue weighted by molar-refractivity contribution is -0.137. The van der Waals surface area contributed by atoms with Crippen LogP contribution in [-0.2, 0) is 12.7 Å². The van der Waals surface area contributed by atoms with Crippen molar-refractivity contribution in [2.45, 2.75) is 12.7 Å². The van der Waals surface area contributed by atoms with Gasteiger partial charge in [0.15, 0.2) is 5.82 Å². The van der Waals surface area contributed by atoms with Crippen LogP contribution < -0.4 is 5.32 Å². The number of benzene rings is 1. The number of nitrogens with one attached hydrogen (secondary N) is 1. The predicted octanol–water partition coefficient (Wildman–Crippen LogP) is 3.42. The first-order valence-electron chi connectivity index (χ1n) is 7.89. The topological polar surface area (TPSA) is 72.7 Å². The van der Waals surface area contributed by atoms with Gasteiger partial charge in [0.2, 0.25) is 0 Å². The second-order valence-electron chi connectivity index (χ2n) is 5.85. The van der Waals surface area contributed by atoms with E-state index < -0.39 is 16.8 Å². The zero-order valence-corrected chi connectivity index (χ0v) is 14.3. The van der Waals surface area contributed by atoms with Crippen molar-refractivity contribution in [3.63, 3.8) is 0 Å². The summed E-state index contributed by atoms with van der Waals surface area (Å²) in [6.45, 7) is 1.01. The number of halogens is 4. The van der Waals surface area contributed by atoms with Crippen molar-refractivity contribution >= 4 is 17.5 Å². The molecule has 0 fully saturated rings. The van der Waals surface area contributed by atoms with Gasteiger partial charge >= 0.3 is 6.18 Å². The number of nitrogens with zero attached hydrogens (tertiary/aromatic N) is 4. The predicted molar refractivity (Wildman–Crippen MR) is 91.0 cm³/mol. The first kappa shape index (κ1) is 17.5. The number of rotatable bonds is 2. The Labute approximate surface area is 156 Å². The van der Waals surface area contributed by atoms with Gasteiger partial charge in [-0.1, -0.05) is 11.6 Å². The van der Waals surface area contributed by atoms with Crippen LogP contribution in [0.1, 0.15) is 16.1 Å². The molecular formula is C17H11ClF3N5O. The molecule has 0 aliphatic carbocycles. The minimum atomic E-state index is -4.58. The summed E-state index contributed by atoms with van der Waals surface area (Å²) in [4.78, 5) is 20.2. The van der Waals surface area contributed by atoms with Gasteiger partial charge in [0.25, 0.3) is 5.91 Å². The van der Waals surface area contributed by atoms with E-state index in [1.165, 1.54) is 12.3 Å². The van der Waals surface area contributed by atoms with Crippen LogP contribution in [0.25, 0.3) is 22.8 Å². The molecule has 3 heterocycles. The van der Waals surface area contributed by atoms with E-state index in [4.69, 9.17) is 11.6 Å². The molecule has 27 heavy (non-hydrogen) atoms. The molecule has 0 saturated heterocycles. The highest BCUT2D eigenvalue weighted by Gasteiger charge is 2.33. The molecule has 6 nitrogen and oxygen atoms in total. The number of fused-ring (bicyclic) bond motifs is 1. The number of aromatic nitrogens is 4. The lowest BCUT2D eigenvalue weighted by Crippen LogP contribution is -2.35. The Hall–Kier alpha value is -2.94. The maximum Gasteiger partial charge on any atom is 0.417 e. The van der Waals surface area contributed by atoms with Crippen LogP contribution in [-0.4, -0.2) is 32.2 Å². The van der Waals surface area contributed by atoms with E-state index in [-0.39, 0.29) is 17.3 Å². The standard InChI is InChI=1S/C17H11ClF3N5O/c18-11-2-1-9(7-10(11)17(19,20)21)15-22-4-3-12(24-15)13-8-14-16(27)23-5-6-26(14)25-13/h1-4,7-8H,5-6H2,(H,23,27). The van der Waals surface area contributed by atoms with Crippen molar-refractivity contribution in [2.75, 3.05) is 6.54 Å². The van der Waals surface area contributed by atoms with Crippen LogP contribution in [0.4, 0.5) is 13.2 Å². The third-order valence-corrected chi connectivity index (χ3v) is 4.40. The van der Waals surface area contributed by atoms with Crippen LogP contribution >= 0.6 is 11.6 Å². The lowest BCUT2D eigenvalue weighted by atomic mass is 10.1. The normalized spacial score (nSPS) is 14.0. The monoisotopic (exact) mass is 393 g/mol. The van der Waals surface area contributed by atoms with Gasteiger partial charge in [-0.05, 0) is 30.3 Å². The first-order valence-corrected chi connectivity index (χ1v) is 8.27. The van der Waals surface area contributed by atoms with E-state index in [2.05, 4.69) is 20.4 Å². The summed E-state index contributed by atoms with van der Waals surface area (Å²) >= 11 is 5.66. The molecule has 10 heteroatoms. The molecule has 1 amide bonds. The van der Waals surface area contributed by atoms with E-state index in [1.807, 2.05) is 0 Å². The highest BCUT2D eigenvalue weighted by Crippen LogP contribution is 2.36. The SMILES string of the molecule is O=C1NCCn2nc(-c3ccnc(-c4ccc(Cl)c(C(F)(F)F)c4)n3)cc21. The van der Waals surface area contributed by atoms with E-state index in [1.54, 1.807) is 16.8 Å². The second kappa shape index (κ2) is 6.34. The average Bonchev–Trinajstić information content (AvgIpc) is 3.07. The van der Waals surface area contributed by atoms with Crippen LogP contribution in [0.5, 0.6) is 0 Å². The van der Waals surface area contributed by atoms with Gasteiger partial charge in [-0.3, -0.25) is 9.48 Å². The molecule has 138 valence electrons. The Kier molecular flexibility index (Phi) is 4.11. The third-order valence-electron chi connectivity index (χ3n) is 4.07. The molecule has 4 rings (SSSR count). The Morgan fingerprint density at radius 1 is 1.15 bits per heavy atom. The number of carbonyl (C=O) groups excluding carboxylic acids is 1. The fraction of sp³-hybridized carbons (Fsp3) is 0.176. The summed E-state index contributed by atoms with van der Waals surface area (Å²) in [6.07, 6.45) is -3.15. The second-order valence-corrected chi connectivity index (χ2v) is 6.26. The Balaban J connectivity index is 1.75. The summed E-state index contributed by atoms with van der Waals surface area (Å²) in [5, 5.41) is 6.66. The lowest BCUT2D eigenvalue weighted by Gasteiger charge is -2.13. The van der Waals surface area contributed by atoms with Crippen LogP contribution in [0.2, 0.25) is 5.02 Å². The van der Waals surface area contributed by atoms with Crippen molar-refractivity contribution in [3.05, 3.63) is 52.8 Å². The smallest absolute Gasteiger partial charge is 0.349 e. The largest absolute Gasteiger partial charge is 0.417 e. The van der Waals surface area contributed by atoms with Gasteiger partial charge in [-0.15, -0.1) is 0 Å². The summed E-state index contributed by atoms with van der Waals surface area (Å²) in [5.74, 6) is -0.133. The van der Waals surface area contributed by atoms with Gasteiger partial charge in [0.1, 0.15) is 11.4 Å². The molecule has 1 N–H and O–H groups in total. The number of carbonyl (C=O) groups is 1. The van der Waals surface area contributed by atoms with E-state index >= 15 is 0 Å². The summed E-state index contributed by atoms with van der Waals surface area (Å²) in [5.41, 5.74) is 0.469. The molecular weight excluding hydrogens is 383 g/mol. The molecule has 2 aromatic heterocycles. The third kappa shape index (κ3) is 3.25. The van der Waals surface area contributed by atoms with Crippen molar-refractivity contribution in [2.24, 2.45) is 0 Å². The summed E-state index contributed by atoms with van der Waals surface area (Å²) < 4.78 is 40.8. The van der Waals surface area contributed by atoms with Gasteiger partial charge in [0.05, 0.1) is 22.8 Å². The van der Waals surface area contributed by atoms with Crippen LogP contribution in [0.15, 0.2) is 36.5 Å². The molecule has 0 unspecified atom stereocenters. The molecule has 1 aromatic carbocycles. The quantitative estimate of drug-likeness (QED) is 0.724. The summed E-state index contributed by atoms with van der Waals surface area (Å²) in [6, 6.07) is 6.66. The molecule has 0 spiro atoms. The first-order chi connectivity index (χ1) is 12.8. The Morgan fingerprint density at radius 2 is 1.96 bits per heavy atom. The van der Waals surface area contributed by atoms with Crippen LogP contribution in [0.3, 0.4) is 0 Å². The van der Waals surface area contributed by atoms with Crippen molar-refractivity contribution in [1.29, 1.82) is 0 Å². The average molecular weight is 394 g/mol. The molecule has 0 bridgehead atoms. The number of alkyl halides is 3. The van der Waals surface area contributed by atoms with Crippen molar-refractivity contribution < 1.29 is 18.0 Å². The van der Waals surface area contributed by atoms with Crippen LogP contribution in [0, 0.1) is 0 Å². The highest BCUT2D eigenvalue weighted by atomic mass is 35.5. The highest BCUT2D eigenvalue weighted by molar-refractivity contribution is 6.31. The molecule has 0 saturated carbocycles. The van der Waals surface area contributed by atoms with Crippen molar-refractivity contribution in [1.82, 2.24) is 25.1 Å². The fourth-order valence-corrected chi connectivity index (χ4v) is 3.01. The summed E-state index contributed by atoms with van der Waals surface area (Å²) in [7, 11) is 0. The van der Waals surface area contributed by atoms with E-state index in [9.17, 15) is 18.0 Å².